The third-order valence-electron chi connectivity index (χ3n) is 3.38. The SMILES string of the molecule is O=C1Cc2cc(-c3ccc(-c4cccs4)s3)ccc2N1. The van der Waals surface area contributed by atoms with Gasteiger partial charge < -0.3 is 5.32 Å². The minimum absolute atomic E-state index is 0.0857. The summed E-state index contributed by atoms with van der Waals surface area (Å²) in [4.78, 5) is 15.2. The van der Waals surface area contributed by atoms with Crippen LogP contribution >= 0.6 is 22.7 Å². The summed E-state index contributed by atoms with van der Waals surface area (Å²) >= 11 is 3.56. The van der Waals surface area contributed by atoms with Gasteiger partial charge in [0.25, 0.3) is 0 Å². The van der Waals surface area contributed by atoms with Crippen LogP contribution in [0.25, 0.3) is 20.2 Å². The van der Waals surface area contributed by atoms with Gasteiger partial charge in [-0.05, 0) is 46.8 Å². The zero-order chi connectivity index (χ0) is 13.5. The summed E-state index contributed by atoms with van der Waals surface area (Å²) < 4.78 is 0. The Morgan fingerprint density at radius 2 is 1.90 bits per heavy atom. The van der Waals surface area contributed by atoms with E-state index in [2.05, 4.69) is 47.1 Å². The summed E-state index contributed by atoms with van der Waals surface area (Å²) in [7, 11) is 0. The minimum atomic E-state index is 0.0857. The molecule has 0 unspecified atom stereocenters. The molecule has 1 amide bonds. The molecule has 0 atom stereocenters. The van der Waals surface area contributed by atoms with Gasteiger partial charge >= 0.3 is 0 Å². The lowest BCUT2D eigenvalue weighted by Crippen LogP contribution is -2.03. The number of carbonyl (C=O) groups excluding carboxylic acids is 1. The standard InChI is InChI=1S/C16H11NOS2/c18-16-9-11-8-10(3-4-12(11)17-16)13-5-6-15(20-13)14-2-1-7-19-14/h1-8H,9H2,(H,17,18). The van der Waals surface area contributed by atoms with Crippen molar-refractivity contribution in [1.82, 2.24) is 0 Å². The van der Waals surface area contributed by atoms with Gasteiger partial charge in [0.15, 0.2) is 0 Å². The Bertz CT molecular complexity index is 787. The van der Waals surface area contributed by atoms with Gasteiger partial charge in [0.2, 0.25) is 5.91 Å². The lowest BCUT2D eigenvalue weighted by molar-refractivity contribution is -0.115. The van der Waals surface area contributed by atoms with Gasteiger partial charge in [-0.15, -0.1) is 22.7 Å². The molecule has 20 heavy (non-hydrogen) atoms. The van der Waals surface area contributed by atoms with Gasteiger partial charge in [0, 0.05) is 20.3 Å². The molecule has 0 aliphatic carbocycles. The Labute approximate surface area is 124 Å². The Morgan fingerprint density at radius 3 is 2.75 bits per heavy atom. The number of rotatable bonds is 2. The van der Waals surface area contributed by atoms with E-state index in [0.717, 1.165) is 11.3 Å². The lowest BCUT2D eigenvalue weighted by atomic mass is 10.1. The fourth-order valence-corrected chi connectivity index (χ4v) is 4.26. The first-order valence-corrected chi connectivity index (χ1v) is 8.06. The van der Waals surface area contributed by atoms with Crippen LogP contribution in [-0.4, -0.2) is 5.91 Å². The van der Waals surface area contributed by atoms with Crippen LogP contribution in [-0.2, 0) is 11.2 Å². The van der Waals surface area contributed by atoms with Crippen molar-refractivity contribution < 1.29 is 4.79 Å². The lowest BCUT2D eigenvalue weighted by Gasteiger charge is -2.01. The summed E-state index contributed by atoms with van der Waals surface area (Å²) in [5.74, 6) is 0.0857. The molecular formula is C16H11NOS2. The van der Waals surface area contributed by atoms with E-state index in [1.54, 1.807) is 22.7 Å². The first kappa shape index (κ1) is 11.9. The van der Waals surface area contributed by atoms with Crippen LogP contribution in [0.2, 0.25) is 0 Å². The number of hydrogen-bond donors (Lipinski definition) is 1. The molecular weight excluding hydrogens is 286 g/mol. The van der Waals surface area contributed by atoms with Crippen LogP contribution in [0.5, 0.6) is 0 Å². The van der Waals surface area contributed by atoms with Crippen LogP contribution in [0, 0.1) is 0 Å². The summed E-state index contributed by atoms with van der Waals surface area (Å²) in [5.41, 5.74) is 3.24. The van der Waals surface area contributed by atoms with Gasteiger partial charge in [-0.1, -0.05) is 12.1 Å². The van der Waals surface area contributed by atoms with E-state index in [9.17, 15) is 4.79 Å². The maximum atomic E-state index is 11.4. The van der Waals surface area contributed by atoms with Crippen molar-refractivity contribution in [2.75, 3.05) is 5.32 Å². The van der Waals surface area contributed by atoms with Gasteiger partial charge in [0.1, 0.15) is 0 Å². The average molecular weight is 297 g/mol. The maximum absolute atomic E-state index is 11.4. The highest BCUT2D eigenvalue weighted by atomic mass is 32.1. The number of thiophene rings is 2. The van der Waals surface area contributed by atoms with E-state index in [1.807, 2.05) is 6.07 Å². The molecule has 0 spiro atoms. The van der Waals surface area contributed by atoms with Crippen LogP contribution in [0.4, 0.5) is 5.69 Å². The Morgan fingerprint density at radius 1 is 1.00 bits per heavy atom. The maximum Gasteiger partial charge on any atom is 0.228 e. The van der Waals surface area contributed by atoms with Crippen molar-refractivity contribution in [2.24, 2.45) is 0 Å². The average Bonchev–Trinajstić information content (AvgIpc) is 3.17. The largest absolute Gasteiger partial charge is 0.326 e. The highest BCUT2D eigenvalue weighted by Crippen LogP contribution is 2.38. The molecule has 1 aromatic carbocycles. The Hall–Kier alpha value is -1.91. The Kier molecular flexibility index (Phi) is 2.72. The summed E-state index contributed by atoms with van der Waals surface area (Å²) in [6.07, 6.45) is 0.492. The molecule has 1 N–H and O–H groups in total. The van der Waals surface area contributed by atoms with E-state index in [0.29, 0.717) is 6.42 Å². The zero-order valence-electron chi connectivity index (χ0n) is 10.6. The third kappa shape index (κ3) is 1.97. The second-order valence-electron chi connectivity index (χ2n) is 4.74. The van der Waals surface area contributed by atoms with Gasteiger partial charge in [0.05, 0.1) is 6.42 Å². The van der Waals surface area contributed by atoms with Crippen LogP contribution < -0.4 is 5.32 Å². The van der Waals surface area contributed by atoms with E-state index in [1.165, 1.54) is 20.2 Å². The molecule has 1 aliphatic rings. The molecule has 0 saturated carbocycles. The molecule has 2 nitrogen and oxygen atoms in total. The molecule has 0 bridgehead atoms. The van der Waals surface area contributed by atoms with Crippen LogP contribution in [0.3, 0.4) is 0 Å². The Balaban J connectivity index is 1.72. The summed E-state index contributed by atoms with van der Waals surface area (Å²) in [6.45, 7) is 0. The predicted molar refractivity (Wildman–Crippen MR) is 85.4 cm³/mol. The monoisotopic (exact) mass is 297 g/mol. The fraction of sp³-hybridized carbons (Fsp3) is 0.0625. The second-order valence-corrected chi connectivity index (χ2v) is 6.77. The number of amides is 1. The molecule has 0 saturated heterocycles. The van der Waals surface area contributed by atoms with Gasteiger partial charge in [-0.2, -0.15) is 0 Å². The number of fused-ring (bicyclic) bond motifs is 1. The molecule has 4 heteroatoms. The molecule has 1 aliphatic heterocycles. The van der Waals surface area contributed by atoms with Crippen molar-refractivity contribution in [3.05, 3.63) is 53.4 Å². The second kappa shape index (κ2) is 4.58. The van der Waals surface area contributed by atoms with Crippen molar-refractivity contribution in [1.29, 1.82) is 0 Å². The summed E-state index contributed by atoms with van der Waals surface area (Å²) in [6, 6.07) is 14.7. The predicted octanol–water partition coefficient (Wildman–Crippen LogP) is 4.64. The van der Waals surface area contributed by atoms with Crippen molar-refractivity contribution in [2.45, 2.75) is 6.42 Å². The van der Waals surface area contributed by atoms with Crippen molar-refractivity contribution in [3.8, 4) is 20.2 Å². The zero-order valence-corrected chi connectivity index (χ0v) is 12.2. The molecule has 98 valence electrons. The third-order valence-corrected chi connectivity index (χ3v) is 5.58. The summed E-state index contributed by atoms with van der Waals surface area (Å²) in [5, 5.41) is 4.97. The number of hydrogen-bond acceptors (Lipinski definition) is 3. The number of benzene rings is 1. The highest BCUT2D eigenvalue weighted by Gasteiger charge is 2.18. The first-order chi connectivity index (χ1) is 9.79. The van der Waals surface area contributed by atoms with Crippen LogP contribution in [0.15, 0.2) is 47.8 Å². The molecule has 3 heterocycles. The fourth-order valence-electron chi connectivity index (χ4n) is 2.43. The van der Waals surface area contributed by atoms with Gasteiger partial charge in [-0.25, -0.2) is 0 Å². The normalized spacial score (nSPS) is 13.3. The van der Waals surface area contributed by atoms with E-state index < -0.39 is 0 Å². The van der Waals surface area contributed by atoms with Crippen molar-refractivity contribution in [3.63, 3.8) is 0 Å². The number of nitrogens with one attached hydrogen (secondary N) is 1. The smallest absolute Gasteiger partial charge is 0.228 e. The topological polar surface area (TPSA) is 29.1 Å². The number of carbonyl (C=O) groups is 1. The minimum Gasteiger partial charge on any atom is -0.326 e. The highest BCUT2D eigenvalue weighted by molar-refractivity contribution is 7.23. The van der Waals surface area contributed by atoms with Crippen molar-refractivity contribution >= 4 is 34.3 Å². The molecule has 4 rings (SSSR count). The van der Waals surface area contributed by atoms with Crippen LogP contribution in [0.1, 0.15) is 5.56 Å². The molecule has 2 aromatic heterocycles. The van der Waals surface area contributed by atoms with E-state index in [4.69, 9.17) is 0 Å². The van der Waals surface area contributed by atoms with Gasteiger partial charge in [-0.3, -0.25) is 4.79 Å². The van der Waals surface area contributed by atoms with E-state index in [-0.39, 0.29) is 5.91 Å². The molecule has 0 radical (unpaired) electrons. The first-order valence-electron chi connectivity index (χ1n) is 6.36. The molecule has 0 fully saturated rings. The quantitative estimate of drug-likeness (QED) is 0.733. The van der Waals surface area contributed by atoms with E-state index >= 15 is 0 Å². The number of anilines is 1. The molecule has 3 aromatic rings.